The maximum atomic E-state index is 4.84. The van der Waals surface area contributed by atoms with Crippen LogP contribution >= 0.6 is 0 Å². The van der Waals surface area contributed by atoms with Gasteiger partial charge in [0.25, 0.3) is 0 Å². The summed E-state index contributed by atoms with van der Waals surface area (Å²) in [5.74, 6) is 2.27. The molecule has 3 nitrogen and oxygen atoms in total. The van der Waals surface area contributed by atoms with Crippen LogP contribution in [-0.2, 0) is 12.8 Å². The van der Waals surface area contributed by atoms with Crippen LogP contribution in [-0.4, -0.2) is 17.0 Å². The van der Waals surface area contributed by atoms with Gasteiger partial charge in [-0.3, -0.25) is 0 Å². The van der Waals surface area contributed by atoms with Gasteiger partial charge in [0.2, 0.25) is 0 Å². The number of fused-ring (bicyclic) bond motifs is 1. The number of benzene rings is 1. The molecule has 0 spiro atoms. The van der Waals surface area contributed by atoms with Crippen LogP contribution in [0.3, 0.4) is 0 Å². The molecule has 3 heteroatoms. The second-order valence-electron chi connectivity index (χ2n) is 5.75. The Bertz CT molecular complexity index is 622. The Morgan fingerprint density at radius 3 is 2.90 bits per heavy atom. The van der Waals surface area contributed by atoms with E-state index in [1.165, 1.54) is 24.0 Å². The third kappa shape index (κ3) is 2.92. The first-order chi connectivity index (χ1) is 10.3. The lowest BCUT2D eigenvalue weighted by Gasteiger charge is -2.25. The van der Waals surface area contributed by atoms with Crippen molar-refractivity contribution >= 4 is 5.82 Å². The van der Waals surface area contributed by atoms with Gasteiger partial charge in [0.1, 0.15) is 11.6 Å². The Balaban J connectivity index is 2.02. The summed E-state index contributed by atoms with van der Waals surface area (Å²) in [6.07, 6.45) is 5.67. The standard InChI is InChI=1S/C18H23N3/c1-3-7-14-12-17(19-2)21-18(20-14)16-11-6-9-13-8-4-5-10-15(13)16/h4-5,8,10,12,16H,3,6-7,9,11H2,1-2H3,(H,19,20,21). The number of nitrogens with zero attached hydrogens (tertiary/aromatic N) is 2. The van der Waals surface area contributed by atoms with E-state index in [0.717, 1.165) is 36.6 Å². The van der Waals surface area contributed by atoms with Crippen LogP contribution in [0.25, 0.3) is 0 Å². The zero-order valence-corrected chi connectivity index (χ0v) is 12.9. The first kappa shape index (κ1) is 14.1. The van der Waals surface area contributed by atoms with Gasteiger partial charge in [0.15, 0.2) is 0 Å². The molecule has 1 aliphatic carbocycles. The first-order valence-corrected chi connectivity index (χ1v) is 7.95. The van der Waals surface area contributed by atoms with Crippen molar-refractivity contribution in [1.82, 2.24) is 9.97 Å². The molecule has 3 rings (SSSR count). The molecular weight excluding hydrogens is 258 g/mol. The smallest absolute Gasteiger partial charge is 0.138 e. The second kappa shape index (κ2) is 6.25. The predicted molar refractivity (Wildman–Crippen MR) is 86.8 cm³/mol. The third-order valence-electron chi connectivity index (χ3n) is 4.24. The molecular formula is C18H23N3. The Labute approximate surface area is 126 Å². The maximum Gasteiger partial charge on any atom is 0.138 e. The van der Waals surface area contributed by atoms with Crippen LogP contribution in [0.1, 0.15) is 54.7 Å². The maximum absolute atomic E-state index is 4.84. The van der Waals surface area contributed by atoms with Gasteiger partial charge in [-0.05, 0) is 36.8 Å². The molecule has 1 atom stereocenters. The van der Waals surface area contributed by atoms with Crippen molar-refractivity contribution in [2.45, 2.75) is 44.9 Å². The molecule has 0 bridgehead atoms. The van der Waals surface area contributed by atoms with Gasteiger partial charge in [-0.2, -0.15) is 0 Å². The van der Waals surface area contributed by atoms with E-state index in [1.54, 1.807) is 0 Å². The van der Waals surface area contributed by atoms with E-state index >= 15 is 0 Å². The van der Waals surface area contributed by atoms with Crippen LogP contribution in [0.4, 0.5) is 5.82 Å². The summed E-state index contributed by atoms with van der Waals surface area (Å²) in [7, 11) is 1.93. The molecule has 1 aromatic heterocycles. The number of nitrogens with one attached hydrogen (secondary N) is 1. The minimum absolute atomic E-state index is 0.346. The number of rotatable bonds is 4. The van der Waals surface area contributed by atoms with Gasteiger partial charge < -0.3 is 5.32 Å². The molecule has 2 aromatic rings. The van der Waals surface area contributed by atoms with Gasteiger partial charge in [0, 0.05) is 24.7 Å². The lowest BCUT2D eigenvalue weighted by Crippen LogP contribution is -2.15. The molecule has 1 N–H and O–H groups in total. The number of anilines is 1. The van der Waals surface area contributed by atoms with Crippen LogP contribution in [0, 0.1) is 0 Å². The Morgan fingerprint density at radius 1 is 1.24 bits per heavy atom. The molecule has 0 radical (unpaired) electrons. The van der Waals surface area contributed by atoms with E-state index in [9.17, 15) is 0 Å². The summed E-state index contributed by atoms with van der Waals surface area (Å²) in [6.45, 7) is 2.19. The lowest BCUT2D eigenvalue weighted by atomic mass is 9.82. The van der Waals surface area contributed by atoms with E-state index in [1.807, 2.05) is 7.05 Å². The topological polar surface area (TPSA) is 37.8 Å². The third-order valence-corrected chi connectivity index (χ3v) is 4.24. The van der Waals surface area contributed by atoms with Crippen molar-refractivity contribution < 1.29 is 0 Å². The molecule has 0 aliphatic heterocycles. The van der Waals surface area contributed by atoms with E-state index in [-0.39, 0.29) is 0 Å². The molecule has 21 heavy (non-hydrogen) atoms. The molecule has 0 amide bonds. The van der Waals surface area contributed by atoms with Crippen LogP contribution in [0.2, 0.25) is 0 Å². The molecule has 110 valence electrons. The molecule has 0 saturated carbocycles. The largest absolute Gasteiger partial charge is 0.373 e. The number of aromatic nitrogens is 2. The minimum atomic E-state index is 0.346. The predicted octanol–water partition coefficient (Wildman–Crippen LogP) is 3.94. The zero-order valence-electron chi connectivity index (χ0n) is 12.9. The molecule has 1 unspecified atom stereocenters. The second-order valence-corrected chi connectivity index (χ2v) is 5.75. The number of hydrogen-bond donors (Lipinski definition) is 1. The average molecular weight is 281 g/mol. The Hall–Kier alpha value is -1.90. The highest BCUT2D eigenvalue weighted by Crippen LogP contribution is 2.35. The average Bonchev–Trinajstić information content (AvgIpc) is 2.54. The fourth-order valence-corrected chi connectivity index (χ4v) is 3.21. The monoisotopic (exact) mass is 281 g/mol. The quantitative estimate of drug-likeness (QED) is 0.922. The van der Waals surface area contributed by atoms with Crippen LogP contribution in [0.5, 0.6) is 0 Å². The van der Waals surface area contributed by atoms with Gasteiger partial charge >= 0.3 is 0 Å². The lowest BCUT2D eigenvalue weighted by molar-refractivity contribution is 0.587. The normalized spacial score (nSPS) is 17.3. The van der Waals surface area contributed by atoms with Crippen molar-refractivity contribution in [3.63, 3.8) is 0 Å². The SMILES string of the molecule is CCCc1cc(NC)nc(C2CCCc3ccccc32)n1. The van der Waals surface area contributed by atoms with Crippen molar-refractivity contribution in [2.75, 3.05) is 12.4 Å². The van der Waals surface area contributed by atoms with Crippen molar-refractivity contribution in [3.05, 3.63) is 53.0 Å². The highest BCUT2D eigenvalue weighted by molar-refractivity contribution is 5.40. The van der Waals surface area contributed by atoms with Gasteiger partial charge in [0.05, 0.1) is 0 Å². The van der Waals surface area contributed by atoms with Gasteiger partial charge in [-0.15, -0.1) is 0 Å². The molecule has 1 aromatic carbocycles. The Kier molecular flexibility index (Phi) is 4.18. The summed E-state index contributed by atoms with van der Waals surface area (Å²) in [6, 6.07) is 10.8. The fraction of sp³-hybridized carbons (Fsp3) is 0.444. The molecule has 1 aliphatic rings. The zero-order chi connectivity index (χ0) is 14.7. The minimum Gasteiger partial charge on any atom is -0.373 e. The fourth-order valence-electron chi connectivity index (χ4n) is 3.21. The molecule has 1 heterocycles. The molecule has 0 fully saturated rings. The van der Waals surface area contributed by atoms with Crippen molar-refractivity contribution in [3.8, 4) is 0 Å². The Morgan fingerprint density at radius 2 is 2.10 bits per heavy atom. The van der Waals surface area contributed by atoms with Gasteiger partial charge in [-0.1, -0.05) is 37.6 Å². The van der Waals surface area contributed by atoms with Crippen molar-refractivity contribution in [2.24, 2.45) is 0 Å². The van der Waals surface area contributed by atoms with Crippen LogP contribution in [0.15, 0.2) is 30.3 Å². The highest BCUT2D eigenvalue weighted by atomic mass is 15.0. The van der Waals surface area contributed by atoms with Crippen molar-refractivity contribution in [1.29, 1.82) is 0 Å². The summed E-state index contributed by atoms with van der Waals surface area (Å²) in [5.41, 5.74) is 4.03. The van der Waals surface area contributed by atoms with Gasteiger partial charge in [-0.25, -0.2) is 9.97 Å². The first-order valence-electron chi connectivity index (χ1n) is 7.95. The number of hydrogen-bond acceptors (Lipinski definition) is 3. The summed E-state index contributed by atoms with van der Waals surface area (Å²) >= 11 is 0. The van der Waals surface area contributed by atoms with E-state index in [0.29, 0.717) is 5.92 Å². The summed E-state index contributed by atoms with van der Waals surface area (Å²) in [5, 5.41) is 3.18. The van der Waals surface area contributed by atoms with E-state index in [2.05, 4.69) is 42.6 Å². The number of aryl methyl sites for hydroxylation is 2. The molecule has 0 saturated heterocycles. The van der Waals surface area contributed by atoms with E-state index < -0.39 is 0 Å². The van der Waals surface area contributed by atoms with Crippen LogP contribution < -0.4 is 5.32 Å². The van der Waals surface area contributed by atoms with E-state index in [4.69, 9.17) is 9.97 Å². The summed E-state index contributed by atoms with van der Waals surface area (Å²) in [4.78, 5) is 9.58. The highest BCUT2D eigenvalue weighted by Gasteiger charge is 2.24. The summed E-state index contributed by atoms with van der Waals surface area (Å²) < 4.78 is 0.